The number of halogens is 1. The second-order valence-corrected chi connectivity index (χ2v) is 6.66. The molecule has 1 aliphatic rings. The number of hydrogen-bond donors (Lipinski definition) is 1. The van der Waals surface area contributed by atoms with Crippen molar-refractivity contribution >= 4 is 29.3 Å². The molecule has 1 heterocycles. The highest BCUT2D eigenvalue weighted by Crippen LogP contribution is 2.19. The van der Waals surface area contributed by atoms with Crippen molar-refractivity contribution in [2.24, 2.45) is 5.92 Å². The molecule has 1 N–H and O–H groups in total. The molecule has 0 saturated carbocycles. The number of hydrogen-bond acceptors (Lipinski definition) is 3. The third kappa shape index (κ3) is 5.19. The van der Waals surface area contributed by atoms with Gasteiger partial charge >= 0.3 is 0 Å². The molecule has 1 aromatic rings. The SMILES string of the molecule is CCN(C)C(=O)CNC(=O)C1CCCN(C(=O)c2ccc(Cl)cc2)C1. The number of rotatable bonds is 5. The Morgan fingerprint density at radius 2 is 1.96 bits per heavy atom. The lowest BCUT2D eigenvalue weighted by molar-refractivity contribution is -0.133. The van der Waals surface area contributed by atoms with Gasteiger partial charge in [-0.05, 0) is 44.0 Å². The smallest absolute Gasteiger partial charge is 0.253 e. The first kappa shape index (κ1) is 19.2. The number of nitrogens with zero attached hydrogens (tertiary/aromatic N) is 2. The molecule has 1 saturated heterocycles. The van der Waals surface area contributed by atoms with E-state index >= 15 is 0 Å². The molecule has 0 bridgehead atoms. The molecule has 1 unspecified atom stereocenters. The second-order valence-electron chi connectivity index (χ2n) is 6.22. The molecular formula is C18H24ClN3O3. The van der Waals surface area contributed by atoms with Crippen molar-refractivity contribution in [1.82, 2.24) is 15.1 Å². The Bertz CT molecular complexity index is 633. The Labute approximate surface area is 153 Å². The minimum absolute atomic E-state index is 0.00912. The number of likely N-dealkylation sites (tertiary alicyclic amines) is 1. The van der Waals surface area contributed by atoms with E-state index in [2.05, 4.69) is 5.32 Å². The molecule has 1 aromatic carbocycles. The summed E-state index contributed by atoms with van der Waals surface area (Å²) in [5.41, 5.74) is 0.560. The summed E-state index contributed by atoms with van der Waals surface area (Å²) in [7, 11) is 1.70. The van der Waals surface area contributed by atoms with Crippen LogP contribution < -0.4 is 5.32 Å². The van der Waals surface area contributed by atoms with Gasteiger partial charge in [0.2, 0.25) is 11.8 Å². The Morgan fingerprint density at radius 1 is 1.28 bits per heavy atom. The van der Waals surface area contributed by atoms with E-state index in [4.69, 9.17) is 11.6 Å². The van der Waals surface area contributed by atoms with Crippen molar-refractivity contribution in [2.75, 3.05) is 33.2 Å². The van der Waals surface area contributed by atoms with Crippen molar-refractivity contribution in [3.05, 3.63) is 34.9 Å². The van der Waals surface area contributed by atoms with E-state index in [0.717, 1.165) is 6.42 Å². The van der Waals surface area contributed by atoms with Crippen LogP contribution in [0.4, 0.5) is 0 Å². The zero-order valence-electron chi connectivity index (χ0n) is 14.6. The highest BCUT2D eigenvalue weighted by Gasteiger charge is 2.29. The molecule has 6 nitrogen and oxygen atoms in total. The molecule has 7 heteroatoms. The zero-order valence-corrected chi connectivity index (χ0v) is 15.4. The predicted octanol–water partition coefficient (Wildman–Crippen LogP) is 1.79. The van der Waals surface area contributed by atoms with E-state index in [9.17, 15) is 14.4 Å². The fraction of sp³-hybridized carbons (Fsp3) is 0.500. The maximum atomic E-state index is 12.6. The minimum Gasteiger partial charge on any atom is -0.347 e. The Kier molecular flexibility index (Phi) is 6.82. The van der Waals surface area contributed by atoms with E-state index in [1.54, 1.807) is 41.1 Å². The molecule has 3 amide bonds. The molecule has 1 fully saturated rings. The third-order valence-corrected chi connectivity index (χ3v) is 4.74. The molecule has 1 aliphatic heterocycles. The topological polar surface area (TPSA) is 69.7 Å². The van der Waals surface area contributed by atoms with E-state index in [1.807, 2.05) is 6.92 Å². The highest BCUT2D eigenvalue weighted by molar-refractivity contribution is 6.30. The lowest BCUT2D eigenvalue weighted by Gasteiger charge is -2.32. The first-order valence-electron chi connectivity index (χ1n) is 8.49. The van der Waals surface area contributed by atoms with Gasteiger partial charge in [-0.3, -0.25) is 14.4 Å². The first-order valence-corrected chi connectivity index (χ1v) is 8.86. The van der Waals surface area contributed by atoms with Crippen LogP contribution in [0, 0.1) is 5.92 Å². The van der Waals surface area contributed by atoms with Crippen molar-refractivity contribution < 1.29 is 14.4 Å². The van der Waals surface area contributed by atoms with Crippen LogP contribution in [0.1, 0.15) is 30.1 Å². The standard InChI is InChI=1S/C18H24ClN3O3/c1-3-21(2)16(23)11-20-17(24)14-5-4-10-22(12-14)18(25)13-6-8-15(19)9-7-13/h6-9,14H,3-5,10-12H2,1-2H3,(H,20,24). The van der Waals surface area contributed by atoms with Gasteiger partial charge < -0.3 is 15.1 Å². The minimum atomic E-state index is -0.287. The quantitative estimate of drug-likeness (QED) is 0.864. The molecule has 0 aliphatic carbocycles. The monoisotopic (exact) mass is 365 g/mol. The third-order valence-electron chi connectivity index (χ3n) is 4.48. The van der Waals surface area contributed by atoms with Gasteiger partial charge in [0.1, 0.15) is 0 Å². The number of piperidine rings is 1. The van der Waals surface area contributed by atoms with Crippen LogP contribution >= 0.6 is 11.6 Å². The van der Waals surface area contributed by atoms with Crippen LogP contribution in [0.2, 0.25) is 5.02 Å². The zero-order chi connectivity index (χ0) is 18.4. The number of amides is 3. The van der Waals surface area contributed by atoms with Crippen molar-refractivity contribution in [3.8, 4) is 0 Å². The van der Waals surface area contributed by atoms with E-state index in [0.29, 0.717) is 36.6 Å². The summed E-state index contributed by atoms with van der Waals surface area (Å²) in [6.07, 6.45) is 1.48. The van der Waals surface area contributed by atoms with Crippen molar-refractivity contribution in [1.29, 1.82) is 0 Å². The van der Waals surface area contributed by atoms with E-state index in [1.165, 1.54) is 0 Å². The van der Waals surface area contributed by atoms with E-state index in [-0.39, 0.29) is 30.2 Å². The summed E-state index contributed by atoms with van der Waals surface area (Å²) in [4.78, 5) is 39.9. The summed E-state index contributed by atoms with van der Waals surface area (Å²) in [6.45, 7) is 3.46. The van der Waals surface area contributed by atoms with Gasteiger partial charge in [-0.25, -0.2) is 0 Å². The molecule has 0 spiro atoms. The van der Waals surface area contributed by atoms with E-state index < -0.39 is 0 Å². The number of likely N-dealkylation sites (N-methyl/N-ethyl adjacent to an activating group) is 1. The fourth-order valence-electron chi connectivity index (χ4n) is 2.77. The first-order chi connectivity index (χ1) is 11.9. The summed E-state index contributed by atoms with van der Waals surface area (Å²) < 4.78 is 0. The summed E-state index contributed by atoms with van der Waals surface area (Å²) in [6, 6.07) is 6.73. The van der Waals surface area contributed by atoms with Gasteiger partial charge in [0.15, 0.2) is 0 Å². The van der Waals surface area contributed by atoms with Gasteiger partial charge in [0.05, 0.1) is 12.5 Å². The average molecular weight is 366 g/mol. The van der Waals surface area contributed by atoms with Crippen LogP contribution in [-0.4, -0.2) is 60.7 Å². The highest BCUT2D eigenvalue weighted by atomic mass is 35.5. The Morgan fingerprint density at radius 3 is 2.60 bits per heavy atom. The number of nitrogens with one attached hydrogen (secondary N) is 1. The lowest BCUT2D eigenvalue weighted by atomic mass is 9.96. The fourth-order valence-corrected chi connectivity index (χ4v) is 2.90. The maximum Gasteiger partial charge on any atom is 0.253 e. The Balaban J connectivity index is 1.91. The van der Waals surface area contributed by atoms with Crippen LogP contribution in [0.3, 0.4) is 0 Å². The van der Waals surface area contributed by atoms with Crippen LogP contribution in [0.5, 0.6) is 0 Å². The van der Waals surface area contributed by atoms with Gasteiger partial charge in [-0.2, -0.15) is 0 Å². The second kappa shape index (κ2) is 8.85. The number of benzene rings is 1. The van der Waals surface area contributed by atoms with Crippen LogP contribution in [0.15, 0.2) is 24.3 Å². The van der Waals surface area contributed by atoms with Crippen LogP contribution in [0.25, 0.3) is 0 Å². The molecule has 2 rings (SSSR count). The molecule has 0 aromatic heterocycles. The summed E-state index contributed by atoms with van der Waals surface area (Å²) in [5.74, 6) is -0.687. The molecule has 0 radical (unpaired) electrons. The van der Waals surface area contributed by atoms with Gasteiger partial charge in [0, 0.05) is 37.3 Å². The summed E-state index contributed by atoms with van der Waals surface area (Å²) >= 11 is 5.85. The predicted molar refractivity (Wildman–Crippen MR) is 96.4 cm³/mol. The molecule has 25 heavy (non-hydrogen) atoms. The largest absolute Gasteiger partial charge is 0.347 e. The number of carbonyl (C=O) groups is 3. The molecule has 136 valence electrons. The molecule has 1 atom stereocenters. The normalized spacial score (nSPS) is 17.1. The molecular weight excluding hydrogens is 342 g/mol. The van der Waals surface area contributed by atoms with Gasteiger partial charge in [-0.1, -0.05) is 11.6 Å². The van der Waals surface area contributed by atoms with Crippen molar-refractivity contribution in [2.45, 2.75) is 19.8 Å². The van der Waals surface area contributed by atoms with Gasteiger partial charge in [-0.15, -0.1) is 0 Å². The van der Waals surface area contributed by atoms with Gasteiger partial charge in [0.25, 0.3) is 5.91 Å². The van der Waals surface area contributed by atoms with Crippen molar-refractivity contribution in [3.63, 3.8) is 0 Å². The maximum absolute atomic E-state index is 12.6. The van der Waals surface area contributed by atoms with Crippen LogP contribution in [-0.2, 0) is 9.59 Å². The average Bonchev–Trinajstić information content (AvgIpc) is 2.65. The Hall–Kier alpha value is -2.08. The summed E-state index contributed by atoms with van der Waals surface area (Å²) in [5, 5.41) is 3.27. The number of carbonyl (C=O) groups excluding carboxylic acids is 3. The lowest BCUT2D eigenvalue weighted by Crippen LogP contribution is -2.47.